The number of pyridine rings is 2. The zero-order chi connectivity index (χ0) is 25.5. The van der Waals surface area contributed by atoms with Crippen LogP contribution in [0.3, 0.4) is 0 Å². The second-order valence-corrected chi connectivity index (χ2v) is 9.87. The predicted octanol–water partition coefficient (Wildman–Crippen LogP) is 7.15. The lowest BCUT2D eigenvalue weighted by molar-refractivity contribution is 0.102. The predicted molar refractivity (Wildman–Crippen MR) is 152 cm³/mol. The fourth-order valence-corrected chi connectivity index (χ4v) is 5.42. The molecule has 8 heteroatoms. The van der Waals surface area contributed by atoms with E-state index in [0.29, 0.717) is 11.3 Å². The first-order valence-corrected chi connectivity index (χ1v) is 12.9. The van der Waals surface area contributed by atoms with E-state index in [-0.39, 0.29) is 5.91 Å². The summed E-state index contributed by atoms with van der Waals surface area (Å²) in [5.41, 5.74) is 7.83. The molecule has 5 aromatic heterocycles. The Bertz CT molecular complexity index is 1920. The van der Waals surface area contributed by atoms with Crippen LogP contribution >= 0.6 is 11.3 Å². The molecule has 0 spiro atoms. The number of hydrogen-bond donors (Lipinski definition) is 3. The summed E-state index contributed by atoms with van der Waals surface area (Å²) in [7, 11) is 0. The van der Waals surface area contributed by atoms with Gasteiger partial charge in [-0.3, -0.25) is 19.9 Å². The zero-order valence-electron chi connectivity index (χ0n) is 20.0. The Kier molecular flexibility index (Phi) is 5.30. The number of aromatic amines is 2. The van der Waals surface area contributed by atoms with Gasteiger partial charge in [-0.15, -0.1) is 11.3 Å². The quantitative estimate of drug-likeness (QED) is 0.228. The number of nitrogens with one attached hydrogen (secondary N) is 3. The molecule has 0 aliphatic rings. The molecule has 0 aliphatic carbocycles. The van der Waals surface area contributed by atoms with E-state index in [1.165, 1.54) is 4.88 Å². The average Bonchev–Trinajstić information content (AvgIpc) is 3.73. The Morgan fingerprint density at radius 1 is 0.789 bits per heavy atom. The second-order valence-electron chi connectivity index (χ2n) is 8.92. The van der Waals surface area contributed by atoms with Gasteiger partial charge < -0.3 is 10.3 Å². The first-order chi connectivity index (χ1) is 18.7. The highest BCUT2D eigenvalue weighted by Crippen LogP contribution is 2.36. The minimum absolute atomic E-state index is 0.174. The van der Waals surface area contributed by atoms with Gasteiger partial charge in [-0.1, -0.05) is 30.3 Å². The van der Waals surface area contributed by atoms with Crippen molar-refractivity contribution in [3.05, 3.63) is 109 Å². The molecule has 0 atom stereocenters. The molecular formula is C30H20N6OS. The van der Waals surface area contributed by atoms with Crippen LogP contribution in [0.5, 0.6) is 0 Å². The Morgan fingerprint density at radius 3 is 2.55 bits per heavy atom. The SMILES string of the molecule is O=C(Nc1cncc(-c2ccc3[nH]nc(-c4cc5c(-c6cccs6)cncc5[nH]4)c3c2)c1)c1ccccc1. The number of aromatic nitrogens is 5. The van der Waals surface area contributed by atoms with Crippen LogP contribution in [0.1, 0.15) is 10.4 Å². The summed E-state index contributed by atoms with van der Waals surface area (Å²) in [4.78, 5) is 26.1. The van der Waals surface area contributed by atoms with Gasteiger partial charge >= 0.3 is 0 Å². The average molecular weight is 513 g/mol. The van der Waals surface area contributed by atoms with Crippen molar-refractivity contribution in [1.29, 1.82) is 0 Å². The summed E-state index contributed by atoms with van der Waals surface area (Å²) in [6.45, 7) is 0. The van der Waals surface area contributed by atoms with Crippen LogP contribution in [0.2, 0.25) is 0 Å². The molecule has 2 aromatic carbocycles. The lowest BCUT2D eigenvalue weighted by atomic mass is 10.0. The Morgan fingerprint density at radius 2 is 1.68 bits per heavy atom. The van der Waals surface area contributed by atoms with Gasteiger partial charge in [0.1, 0.15) is 5.69 Å². The number of carbonyl (C=O) groups is 1. The zero-order valence-corrected chi connectivity index (χ0v) is 20.8. The molecule has 7 aromatic rings. The Balaban J connectivity index is 1.25. The van der Waals surface area contributed by atoms with Crippen molar-refractivity contribution >= 4 is 44.7 Å². The number of anilines is 1. The molecule has 0 fully saturated rings. The summed E-state index contributed by atoms with van der Waals surface area (Å²) in [6.07, 6.45) is 7.19. The van der Waals surface area contributed by atoms with Crippen LogP contribution in [0.4, 0.5) is 5.69 Å². The van der Waals surface area contributed by atoms with E-state index in [0.717, 1.165) is 49.9 Å². The lowest BCUT2D eigenvalue weighted by Gasteiger charge is -2.08. The number of nitrogens with zero attached hydrogens (tertiary/aromatic N) is 3. The van der Waals surface area contributed by atoms with Crippen molar-refractivity contribution in [3.8, 4) is 33.0 Å². The van der Waals surface area contributed by atoms with E-state index in [1.54, 1.807) is 35.9 Å². The molecule has 0 radical (unpaired) electrons. The molecule has 0 unspecified atom stereocenters. The molecule has 3 N–H and O–H groups in total. The third-order valence-electron chi connectivity index (χ3n) is 6.52. The summed E-state index contributed by atoms with van der Waals surface area (Å²) in [5.74, 6) is -0.174. The number of fused-ring (bicyclic) bond motifs is 2. The molecule has 0 saturated carbocycles. The molecule has 0 aliphatic heterocycles. The van der Waals surface area contributed by atoms with E-state index in [2.05, 4.69) is 54.0 Å². The van der Waals surface area contributed by atoms with Crippen LogP contribution in [0.15, 0.2) is 103 Å². The summed E-state index contributed by atoms with van der Waals surface area (Å²) < 4.78 is 0. The number of amides is 1. The van der Waals surface area contributed by atoms with Crippen molar-refractivity contribution in [3.63, 3.8) is 0 Å². The number of thiophene rings is 1. The summed E-state index contributed by atoms with van der Waals surface area (Å²) in [6, 6.07) is 23.5. The number of hydrogen-bond acceptors (Lipinski definition) is 5. The largest absolute Gasteiger partial charge is 0.352 e. The topological polar surface area (TPSA) is 99.3 Å². The maximum Gasteiger partial charge on any atom is 0.255 e. The molecule has 182 valence electrons. The minimum atomic E-state index is -0.174. The van der Waals surface area contributed by atoms with E-state index in [4.69, 9.17) is 0 Å². The molecule has 0 bridgehead atoms. The molecule has 38 heavy (non-hydrogen) atoms. The first-order valence-electron chi connectivity index (χ1n) is 12.0. The van der Waals surface area contributed by atoms with Gasteiger partial charge in [0.15, 0.2) is 0 Å². The highest BCUT2D eigenvalue weighted by molar-refractivity contribution is 7.13. The third-order valence-corrected chi connectivity index (χ3v) is 7.42. The summed E-state index contributed by atoms with van der Waals surface area (Å²) in [5, 5.41) is 14.9. The maximum absolute atomic E-state index is 12.6. The standard InChI is InChI=1S/C30H20N6OS/c37-30(18-5-2-1-3-6-18)33-21-11-20(14-31-15-21)19-8-9-25-23(12-19)29(36-35-25)26-13-22-24(28-7-4-10-38-28)16-32-17-27(22)34-26/h1-17,34H,(H,33,37)(H,35,36). The van der Waals surface area contributed by atoms with Crippen LogP contribution < -0.4 is 5.32 Å². The van der Waals surface area contributed by atoms with E-state index in [1.807, 2.05) is 54.9 Å². The van der Waals surface area contributed by atoms with Crippen LogP contribution in [0, 0.1) is 0 Å². The van der Waals surface area contributed by atoms with Gasteiger partial charge in [0, 0.05) is 44.7 Å². The normalized spacial score (nSPS) is 11.3. The molecule has 1 amide bonds. The van der Waals surface area contributed by atoms with E-state index in [9.17, 15) is 4.79 Å². The number of benzene rings is 2. The monoisotopic (exact) mass is 512 g/mol. The van der Waals surface area contributed by atoms with Gasteiger partial charge in [0.05, 0.1) is 34.8 Å². The van der Waals surface area contributed by atoms with Gasteiger partial charge in [-0.05, 0) is 53.4 Å². The molecule has 7 rings (SSSR count). The van der Waals surface area contributed by atoms with Crippen LogP contribution in [0.25, 0.3) is 54.8 Å². The van der Waals surface area contributed by atoms with Crippen molar-refractivity contribution in [2.75, 3.05) is 5.32 Å². The smallest absolute Gasteiger partial charge is 0.255 e. The van der Waals surface area contributed by atoms with Crippen molar-refractivity contribution in [1.82, 2.24) is 25.1 Å². The van der Waals surface area contributed by atoms with Crippen molar-refractivity contribution in [2.24, 2.45) is 0 Å². The molecule has 7 nitrogen and oxygen atoms in total. The lowest BCUT2D eigenvalue weighted by Crippen LogP contribution is -2.11. The molecule has 5 heterocycles. The Hall–Kier alpha value is -5.08. The Labute approximate surface area is 221 Å². The van der Waals surface area contributed by atoms with Crippen LogP contribution in [-0.4, -0.2) is 31.1 Å². The summed E-state index contributed by atoms with van der Waals surface area (Å²) >= 11 is 1.70. The van der Waals surface area contributed by atoms with Crippen molar-refractivity contribution in [2.45, 2.75) is 0 Å². The van der Waals surface area contributed by atoms with E-state index >= 15 is 0 Å². The number of carbonyl (C=O) groups excluding carboxylic acids is 1. The molecule has 0 saturated heterocycles. The number of rotatable bonds is 5. The van der Waals surface area contributed by atoms with Crippen LogP contribution in [-0.2, 0) is 0 Å². The second kappa shape index (κ2) is 9.10. The number of H-pyrrole nitrogens is 2. The van der Waals surface area contributed by atoms with Gasteiger partial charge in [0.25, 0.3) is 5.91 Å². The van der Waals surface area contributed by atoms with Gasteiger partial charge in [0.2, 0.25) is 0 Å². The maximum atomic E-state index is 12.6. The van der Waals surface area contributed by atoms with Gasteiger partial charge in [-0.25, -0.2) is 0 Å². The van der Waals surface area contributed by atoms with Crippen molar-refractivity contribution < 1.29 is 4.79 Å². The fraction of sp³-hybridized carbons (Fsp3) is 0. The minimum Gasteiger partial charge on any atom is -0.352 e. The highest BCUT2D eigenvalue weighted by atomic mass is 32.1. The molecular weight excluding hydrogens is 492 g/mol. The van der Waals surface area contributed by atoms with Gasteiger partial charge in [-0.2, -0.15) is 5.10 Å². The first kappa shape index (κ1) is 22.1. The fourth-order valence-electron chi connectivity index (χ4n) is 4.66. The van der Waals surface area contributed by atoms with E-state index < -0.39 is 0 Å². The third kappa shape index (κ3) is 3.93. The highest BCUT2D eigenvalue weighted by Gasteiger charge is 2.15.